The number of hydrogen-bond donors (Lipinski definition) is 1. The van der Waals surface area contributed by atoms with Gasteiger partial charge in [0.1, 0.15) is 12.4 Å². The van der Waals surface area contributed by atoms with Gasteiger partial charge in [-0.25, -0.2) is 0 Å². The van der Waals surface area contributed by atoms with Crippen molar-refractivity contribution in [3.8, 4) is 5.75 Å². The maximum Gasteiger partial charge on any atom is 0.307 e. The number of carbonyl (C=O) groups excluding carboxylic acids is 3. The standard InChI is InChI=1S/C29H32N2O7/c1-37-15-16-38-25-12-6-11-18-19(25)13-14-30(26(32)22-9-4-5-10-23(22)29(35)36)24(18)17-31-27(33)20-7-2-3-8-21(20)28(31)34/h2-3,6-8,11-12,22-24H,4-5,9-10,13-17H2,1H3,(H,35,36)/t22-,23+,24-/m1/s1. The highest BCUT2D eigenvalue weighted by molar-refractivity contribution is 6.21. The Balaban J connectivity index is 1.50. The Kier molecular flexibility index (Phi) is 7.46. The molecule has 3 aliphatic rings. The lowest BCUT2D eigenvalue weighted by Gasteiger charge is -2.42. The van der Waals surface area contributed by atoms with Gasteiger partial charge in [-0.05, 0) is 43.0 Å². The number of carboxylic acid groups (broad SMARTS) is 1. The number of carbonyl (C=O) groups is 4. The zero-order chi connectivity index (χ0) is 26.8. The van der Waals surface area contributed by atoms with Gasteiger partial charge in [-0.15, -0.1) is 0 Å². The van der Waals surface area contributed by atoms with Gasteiger partial charge in [-0.2, -0.15) is 0 Å². The minimum Gasteiger partial charge on any atom is -0.491 e. The van der Waals surface area contributed by atoms with E-state index in [-0.39, 0.29) is 12.5 Å². The lowest BCUT2D eigenvalue weighted by molar-refractivity contribution is -0.153. The van der Waals surface area contributed by atoms with Crippen molar-refractivity contribution in [3.63, 3.8) is 0 Å². The molecule has 0 unspecified atom stereocenters. The van der Waals surface area contributed by atoms with E-state index in [1.807, 2.05) is 18.2 Å². The van der Waals surface area contributed by atoms with Crippen LogP contribution in [-0.4, -0.2) is 72.0 Å². The summed E-state index contributed by atoms with van der Waals surface area (Å²) in [5.74, 6) is -2.64. The topological polar surface area (TPSA) is 113 Å². The molecule has 1 N–H and O–H groups in total. The molecule has 2 heterocycles. The SMILES string of the molecule is COCCOc1cccc2c1CCN(C(=O)[C@@H]1CCCC[C@@H]1C(=O)O)[C@@H]2CN1C(=O)c2ccccc2C1=O. The van der Waals surface area contributed by atoms with Crippen molar-refractivity contribution >= 4 is 23.7 Å². The van der Waals surface area contributed by atoms with Crippen LogP contribution in [0.1, 0.15) is 63.6 Å². The fourth-order valence-corrected chi connectivity index (χ4v) is 6.06. The normalized spacial score (nSPS) is 22.7. The third kappa shape index (κ3) is 4.67. The molecule has 9 nitrogen and oxygen atoms in total. The van der Waals surface area contributed by atoms with E-state index >= 15 is 0 Å². The van der Waals surface area contributed by atoms with Crippen LogP contribution in [0.3, 0.4) is 0 Å². The predicted octanol–water partition coefficient (Wildman–Crippen LogP) is 3.32. The van der Waals surface area contributed by atoms with E-state index in [1.54, 1.807) is 36.3 Å². The summed E-state index contributed by atoms with van der Waals surface area (Å²) in [6, 6.07) is 11.7. The van der Waals surface area contributed by atoms with Crippen molar-refractivity contribution in [2.75, 3.05) is 33.4 Å². The van der Waals surface area contributed by atoms with Crippen molar-refractivity contribution in [3.05, 3.63) is 64.7 Å². The number of hydrogen-bond acceptors (Lipinski definition) is 6. The van der Waals surface area contributed by atoms with Crippen molar-refractivity contribution < 1.29 is 33.8 Å². The smallest absolute Gasteiger partial charge is 0.307 e. The number of aliphatic carboxylic acids is 1. The first-order chi connectivity index (χ1) is 18.4. The molecule has 2 aromatic carbocycles. The van der Waals surface area contributed by atoms with Gasteiger partial charge in [0.25, 0.3) is 11.8 Å². The molecule has 0 spiro atoms. The number of benzene rings is 2. The Hall–Kier alpha value is -3.72. The van der Waals surface area contributed by atoms with Crippen LogP contribution in [0.15, 0.2) is 42.5 Å². The fraction of sp³-hybridized carbons (Fsp3) is 0.448. The third-order valence-electron chi connectivity index (χ3n) is 7.97. The average molecular weight is 521 g/mol. The monoisotopic (exact) mass is 520 g/mol. The van der Waals surface area contributed by atoms with Gasteiger partial charge in [-0.1, -0.05) is 37.1 Å². The minimum absolute atomic E-state index is 0.0168. The molecular weight excluding hydrogens is 488 g/mol. The Morgan fingerprint density at radius 3 is 2.29 bits per heavy atom. The first-order valence-corrected chi connectivity index (χ1v) is 13.1. The number of imide groups is 1. The zero-order valence-corrected chi connectivity index (χ0v) is 21.4. The third-order valence-corrected chi connectivity index (χ3v) is 7.97. The van der Waals surface area contributed by atoms with E-state index in [0.29, 0.717) is 55.9 Å². The maximum atomic E-state index is 14.0. The second-order valence-electron chi connectivity index (χ2n) is 10.1. The van der Waals surface area contributed by atoms with Crippen LogP contribution in [0.5, 0.6) is 5.75 Å². The molecule has 0 aromatic heterocycles. The largest absolute Gasteiger partial charge is 0.491 e. The molecule has 2 aromatic rings. The molecule has 3 atom stereocenters. The zero-order valence-electron chi connectivity index (χ0n) is 21.4. The molecule has 1 aliphatic carbocycles. The number of carboxylic acids is 1. The summed E-state index contributed by atoms with van der Waals surface area (Å²) in [6.07, 6.45) is 3.08. The van der Waals surface area contributed by atoms with Gasteiger partial charge in [0.05, 0.1) is 42.2 Å². The summed E-state index contributed by atoms with van der Waals surface area (Å²) in [4.78, 5) is 55.3. The lowest BCUT2D eigenvalue weighted by atomic mass is 9.77. The Bertz CT molecular complexity index is 1220. The second-order valence-corrected chi connectivity index (χ2v) is 10.1. The van der Waals surface area contributed by atoms with Crippen molar-refractivity contribution in [2.45, 2.75) is 38.1 Å². The molecule has 3 amide bonds. The van der Waals surface area contributed by atoms with E-state index in [0.717, 1.165) is 24.0 Å². The van der Waals surface area contributed by atoms with E-state index in [4.69, 9.17) is 9.47 Å². The van der Waals surface area contributed by atoms with Gasteiger partial charge in [0.15, 0.2) is 0 Å². The van der Waals surface area contributed by atoms with Crippen LogP contribution in [-0.2, 0) is 20.7 Å². The summed E-state index contributed by atoms with van der Waals surface area (Å²) in [7, 11) is 1.60. The Morgan fingerprint density at radius 2 is 1.63 bits per heavy atom. The van der Waals surface area contributed by atoms with Crippen LogP contribution >= 0.6 is 0 Å². The fourth-order valence-electron chi connectivity index (χ4n) is 6.06. The summed E-state index contributed by atoms with van der Waals surface area (Å²) < 4.78 is 11.1. The second kappa shape index (κ2) is 10.9. The highest BCUT2D eigenvalue weighted by atomic mass is 16.5. The average Bonchev–Trinajstić information content (AvgIpc) is 3.18. The number of rotatable bonds is 8. The first-order valence-electron chi connectivity index (χ1n) is 13.1. The highest BCUT2D eigenvalue weighted by Gasteiger charge is 2.44. The minimum atomic E-state index is -0.953. The van der Waals surface area contributed by atoms with Crippen LogP contribution in [0.25, 0.3) is 0 Å². The lowest BCUT2D eigenvalue weighted by Crippen LogP contribution is -2.50. The predicted molar refractivity (Wildman–Crippen MR) is 137 cm³/mol. The van der Waals surface area contributed by atoms with Gasteiger partial charge >= 0.3 is 5.97 Å². The molecule has 0 saturated heterocycles. The van der Waals surface area contributed by atoms with E-state index in [2.05, 4.69) is 0 Å². The van der Waals surface area contributed by atoms with Crippen molar-refractivity contribution in [2.24, 2.45) is 11.8 Å². The van der Waals surface area contributed by atoms with Crippen LogP contribution in [0.2, 0.25) is 0 Å². The van der Waals surface area contributed by atoms with Crippen molar-refractivity contribution in [1.29, 1.82) is 0 Å². The first kappa shape index (κ1) is 25.9. The quantitative estimate of drug-likeness (QED) is 0.420. The van der Waals surface area contributed by atoms with Crippen LogP contribution in [0.4, 0.5) is 0 Å². The molecule has 0 bridgehead atoms. The molecule has 1 fully saturated rings. The number of ether oxygens (including phenoxy) is 2. The van der Waals surface area contributed by atoms with Gasteiger partial charge < -0.3 is 19.5 Å². The van der Waals surface area contributed by atoms with E-state index in [9.17, 15) is 24.3 Å². The van der Waals surface area contributed by atoms with Crippen LogP contribution < -0.4 is 4.74 Å². The number of fused-ring (bicyclic) bond motifs is 2. The number of nitrogens with zero attached hydrogens (tertiary/aromatic N) is 2. The Morgan fingerprint density at radius 1 is 0.947 bits per heavy atom. The number of methoxy groups -OCH3 is 1. The van der Waals surface area contributed by atoms with E-state index < -0.39 is 35.7 Å². The molecule has 5 rings (SSSR count). The van der Waals surface area contributed by atoms with Crippen LogP contribution in [0, 0.1) is 11.8 Å². The molecule has 200 valence electrons. The van der Waals surface area contributed by atoms with Crippen molar-refractivity contribution in [1.82, 2.24) is 9.80 Å². The molecule has 0 radical (unpaired) electrons. The van der Waals surface area contributed by atoms with E-state index in [1.165, 1.54) is 4.90 Å². The molecule has 2 aliphatic heterocycles. The summed E-state index contributed by atoms with van der Waals surface area (Å²) in [5.41, 5.74) is 2.43. The molecule has 38 heavy (non-hydrogen) atoms. The molecular formula is C29H32N2O7. The summed E-state index contributed by atoms with van der Waals surface area (Å²) in [5, 5.41) is 9.82. The Labute approximate surface area is 221 Å². The molecule has 9 heteroatoms. The maximum absolute atomic E-state index is 14.0. The summed E-state index contributed by atoms with van der Waals surface area (Å²) >= 11 is 0. The van der Waals surface area contributed by atoms with Gasteiger partial charge in [0, 0.05) is 19.2 Å². The molecule has 1 saturated carbocycles. The number of amides is 3. The van der Waals surface area contributed by atoms with Gasteiger partial charge in [-0.3, -0.25) is 24.1 Å². The summed E-state index contributed by atoms with van der Waals surface area (Å²) in [6.45, 7) is 1.11. The van der Waals surface area contributed by atoms with Gasteiger partial charge in [0.2, 0.25) is 5.91 Å². The highest BCUT2D eigenvalue weighted by Crippen LogP contribution is 2.40.